The molecule has 2 heterocycles. The van der Waals surface area contributed by atoms with E-state index in [1.165, 1.54) is 5.56 Å². The molecule has 20 heavy (non-hydrogen) atoms. The quantitative estimate of drug-likeness (QED) is 0.909. The number of halogens is 1. The molecule has 0 aliphatic carbocycles. The fourth-order valence-corrected chi connectivity index (χ4v) is 3.72. The molecule has 0 unspecified atom stereocenters. The summed E-state index contributed by atoms with van der Waals surface area (Å²) in [6, 6.07) is 4.84. The Morgan fingerprint density at radius 2 is 2.15 bits per heavy atom. The summed E-state index contributed by atoms with van der Waals surface area (Å²) in [7, 11) is 0. The Morgan fingerprint density at radius 3 is 2.80 bits per heavy atom. The number of hydrogen-bond donors (Lipinski definition) is 1. The Kier molecular flexibility index (Phi) is 3.51. The van der Waals surface area contributed by atoms with Crippen LogP contribution in [0.5, 0.6) is 0 Å². The summed E-state index contributed by atoms with van der Waals surface area (Å²) < 4.78 is 0. The number of carbonyl (C=O) groups is 1. The average molecular weight is 293 g/mol. The zero-order valence-electron chi connectivity index (χ0n) is 12.2. The zero-order chi connectivity index (χ0) is 14.4. The molecule has 1 aromatic rings. The minimum absolute atomic E-state index is 0.0143. The van der Waals surface area contributed by atoms with E-state index in [2.05, 4.69) is 37.1 Å². The summed E-state index contributed by atoms with van der Waals surface area (Å²) >= 11 is 6.34. The van der Waals surface area contributed by atoms with Crippen molar-refractivity contribution in [1.82, 2.24) is 10.2 Å². The third-order valence-corrected chi connectivity index (χ3v) is 4.91. The minimum atomic E-state index is -0.0143. The van der Waals surface area contributed by atoms with Gasteiger partial charge in [0, 0.05) is 31.1 Å². The Balaban J connectivity index is 2.05. The zero-order valence-corrected chi connectivity index (χ0v) is 13.0. The van der Waals surface area contributed by atoms with Gasteiger partial charge in [0.25, 0.3) is 5.91 Å². The van der Waals surface area contributed by atoms with Gasteiger partial charge in [-0.05, 0) is 37.5 Å². The molecular weight excluding hydrogens is 272 g/mol. The maximum absolute atomic E-state index is 12.3. The smallest absolute Gasteiger partial charge is 0.253 e. The monoisotopic (exact) mass is 292 g/mol. The van der Waals surface area contributed by atoms with Crippen LogP contribution in [0.4, 0.5) is 0 Å². The molecule has 1 saturated heterocycles. The van der Waals surface area contributed by atoms with Crippen molar-refractivity contribution in [1.29, 1.82) is 0 Å². The lowest BCUT2D eigenvalue weighted by Crippen LogP contribution is -2.44. The van der Waals surface area contributed by atoms with Gasteiger partial charge in [0.05, 0.1) is 10.6 Å². The van der Waals surface area contributed by atoms with Crippen molar-refractivity contribution in [3.8, 4) is 0 Å². The molecule has 108 valence electrons. The molecule has 0 radical (unpaired) electrons. The topological polar surface area (TPSA) is 32.3 Å². The van der Waals surface area contributed by atoms with Gasteiger partial charge in [-0.3, -0.25) is 9.69 Å². The van der Waals surface area contributed by atoms with Crippen LogP contribution in [0.3, 0.4) is 0 Å². The van der Waals surface area contributed by atoms with E-state index in [9.17, 15) is 4.79 Å². The van der Waals surface area contributed by atoms with Crippen LogP contribution in [0, 0.1) is 0 Å². The Labute approximate surface area is 125 Å². The van der Waals surface area contributed by atoms with E-state index in [4.69, 9.17) is 11.6 Å². The molecule has 1 aromatic carbocycles. The summed E-state index contributed by atoms with van der Waals surface area (Å²) in [5.41, 5.74) is 3.05. The predicted molar refractivity (Wildman–Crippen MR) is 81.5 cm³/mol. The second kappa shape index (κ2) is 5.05. The van der Waals surface area contributed by atoms with E-state index < -0.39 is 0 Å². The average Bonchev–Trinajstić information content (AvgIpc) is 2.82. The van der Waals surface area contributed by atoms with Crippen LogP contribution in [0.2, 0.25) is 5.02 Å². The standard InChI is InChI=1S/C16H21ClN2O/c1-4-10-5-11-12-7-19(9(2)3)8-14(12)18-16(20)15(11)13(17)6-10/h5-6,9,12,14H,4,7-8H2,1-3H3,(H,18,20)/t12-,14+/m1/s1. The van der Waals surface area contributed by atoms with Crippen LogP contribution >= 0.6 is 11.6 Å². The number of nitrogens with zero attached hydrogens (tertiary/aromatic N) is 1. The van der Waals surface area contributed by atoms with E-state index in [1.807, 2.05) is 6.07 Å². The van der Waals surface area contributed by atoms with E-state index in [0.717, 1.165) is 25.1 Å². The molecule has 3 nitrogen and oxygen atoms in total. The van der Waals surface area contributed by atoms with Gasteiger partial charge in [0.2, 0.25) is 0 Å². The van der Waals surface area contributed by atoms with E-state index in [0.29, 0.717) is 22.5 Å². The number of fused-ring (bicyclic) bond motifs is 3. The molecule has 0 spiro atoms. The molecule has 0 aromatic heterocycles. The number of nitrogens with one attached hydrogen (secondary N) is 1. The van der Waals surface area contributed by atoms with Crippen molar-refractivity contribution in [3.63, 3.8) is 0 Å². The van der Waals surface area contributed by atoms with E-state index >= 15 is 0 Å². The van der Waals surface area contributed by atoms with Crippen LogP contribution in [0.25, 0.3) is 0 Å². The molecule has 0 bridgehead atoms. The van der Waals surface area contributed by atoms with Crippen molar-refractivity contribution in [2.45, 2.75) is 45.2 Å². The van der Waals surface area contributed by atoms with Crippen LogP contribution < -0.4 is 5.32 Å². The number of rotatable bonds is 2. The first-order valence-corrected chi connectivity index (χ1v) is 7.76. The molecule has 1 fully saturated rings. The summed E-state index contributed by atoms with van der Waals surface area (Å²) in [4.78, 5) is 14.7. The number of aryl methyl sites for hydroxylation is 1. The predicted octanol–water partition coefficient (Wildman–Crippen LogP) is 2.82. The summed E-state index contributed by atoms with van der Waals surface area (Å²) in [6.45, 7) is 8.46. The lowest BCUT2D eigenvalue weighted by molar-refractivity contribution is 0.0922. The molecule has 2 aliphatic heterocycles. The van der Waals surface area contributed by atoms with Crippen LogP contribution in [0.15, 0.2) is 12.1 Å². The highest BCUT2D eigenvalue weighted by Crippen LogP contribution is 2.38. The molecule has 4 heteroatoms. The van der Waals surface area contributed by atoms with Crippen LogP contribution in [0.1, 0.15) is 48.2 Å². The van der Waals surface area contributed by atoms with Gasteiger partial charge in [0.1, 0.15) is 0 Å². The normalized spacial score (nSPS) is 25.6. The third-order valence-electron chi connectivity index (χ3n) is 4.61. The maximum Gasteiger partial charge on any atom is 0.253 e. The van der Waals surface area contributed by atoms with Gasteiger partial charge in [-0.1, -0.05) is 24.6 Å². The molecule has 3 rings (SSSR count). The highest BCUT2D eigenvalue weighted by molar-refractivity contribution is 6.34. The number of hydrogen-bond acceptors (Lipinski definition) is 2. The Hall–Kier alpha value is -1.06. The molecule has 1 amide bonds. The first-order chi connectivity index (χ1) is 9.51. The Bertz CT molecular complexity index is 556. The fraction of sp³-hybridized carbons (Fsp3) is 0.562. The van der Waals surface area contributed by atoms with Crippen molar-refractivity contribution >= 4 is 17.5 Å². The number of likely N-dealkylation sites (tertiary alicyclic amines) is 1. The van der Waals surface area contributed by atoms with Crippen molar-refractivity contribution in [2.75, 3.05) is 13.1 Å². The van der Waals surface area contributed by atoms with Crippen LogP contribution in [-0.4, -0.2) is 36.0 Å². The van der Waals surface area contributed by atoms with Gasteiger partial charge in [-0.15, -0.1) is 0 Å². The number of amides is 1. The van der Waals surface area contributed by atoms with E-state index in [-0.39, 0.29) is 11.9 Å². The number of benzene rings is 1. The van der Waals surface area contributed by atoms with Crippen molar-refractivity contribution in [3.05, 3.63) is 33.8 Å². The first-order valence-electron chi connectivity index (χ1n) is 7.38. The fourth-order valence-electron chi connectivity index (χ4n) is 3.38. The van der Waals surface area contributed by atoms with Gasteiger partial charge in [-0.25, -0.2) is 0 Å². The summed E-state index contributed by atoms with van der Waals surface area (Å²) in [5.74, 6) is 0.355. The maximum atomic E-state index is 12.3. The largest absolute Gasteiger partial charge is 0.347 e. The molecule has 0 saturated carbocycles. The Morgan fingerprint density at radius 1 is 1.40 bits per heavy atom. The van der Waals surface area contributed by atoms with Gasteiger partial charge < -0.3 is 5.32 Å². The highest BCUT2D eigenvalue weighted by atomic mass is 35.5. The lowest BCUT2D eigenvalue weighted by atomic mass is 9.85. The minimum Gasteiger partial charge on any atom is -0.347 e. The van der Waals surface area contributed by atoms with Crippen LogP contribution in [-0.2, 0) is 6.42 Å². The molecular formula is C16H21ClN2O. The van der Waals surface area contributed by atoms with E-state index in [1.54, 1.807) is 0 Å². The third kappa shape index (κ3) is 2.13. The molecule has 2 aliphatic rings. The second-order valence-electron chi connectivity index (χ2n) is 6.13. The second-order valence-corrected chi connectivity index (χ2v) is 6.54. The van der Waals surface area contributed by atoms with Gasteiger partial charge >= 0.3 is 0 Å². The summed E-state index contributed by atoms with van der Waals surface area (Å²) in [5, 5.41) is 3.73. The lowest BCUT2D eigenvalue weighted by Gasteiger charge is -2.29. The highest BCUT2D eigenvalue weighted by Gasteiger charge is 2.41. The van der Waals surface area contributed by atoms with Crippen molar-refractivity contribution in [2.24, 2.45) is 0 Å². The van der Waals surface area contributed by atoms with Gasteiger partial charge in [0.15, 0.2) is 0 Å². The summed E-state index contributed by atoms with van der Waals surface area (Å²) in [6.07, 6.45) is 0.944. The number of carbonyl (C=O) groups excluding carboxylic acids is 1. The molecule has 1 N–H and O–H groups in total. The van der Waals surface area contributed by atoms with Gasteiger partial charge in [-0.2, -0.15) is 0 Å². The first kappa shape index (κ1) is 13.9. The SMILES string of the molecule is CCc1cc(Cl)c2c(c1)[C@H]1CN(C(C)C)C[C@@H]1NC2=O. The van der Waals surface area contributed by atoms with Crippen molar-refractivity contribution < 1.29 is 4.79 Å². The molecule has 2 atom stereocenters.